The van der Waals surface area contributed by atoms with Gasteiger partial charge in [0.15, 0.2) is 0 Å². The number of nitrogens with zero attached hydrogens (tertiary/aromatic N) is 1. The first-order valence-electron chi connectivity index (χ1n) is 11.4. The van der Waals surface area contributed by atoms with E-state index in [-0.39, 0.29) is 22.7 Å². The van der Waals surface area contributed by atoms with Crippen molar-refractivity contribution >= 4 is 11.6 Å². The van der Waals surface area contributed by atoms with Crippen molar-refractivity contribution in [1.82, 2.24) is 10.3 Å². The highest BCUT2D eigenvalue weighted by molar-refractivity contribution is 6.30. The molecule has 0 fully saturated rings. The third kappa shape index (κ3) is 8.10. The average molecular weight is 583 g/mol. The van der Waals surface area contributed by atoms with Crippen LogP contribution in [0.25, 0.3) is 0 Å². The number of alkyl halides is 7. The number of pyridine rings is 1. The van der Waals surface area contributed by atoms with Gasteiger partial charge in [0.25, 0.3) is 0 Å². The molecule has 39 heavy (non-hydrogen) atoms. The van der Waals surface area contributed by atoms with Crippen molar-refractivity contribution < 1.29 is 45.0 Å². The Kier molecular flexibility index (Phi) is 9.92. The van der Waals surface area contributed by atoms with Crippen molar-refractivity contribution in [3.8, 4) is 0 Å². The molecule has 3 aromatic rings. The van der Waals surface area contributed by atoms with Crippen LogP contribution in [0.1, 0.15) is 22.4 Å². The number of aliphatic hydroxyl groups is 1. The van der Waals surface area contributed by atoms with E-state index in [1.807, 2.05) is 0 Å². The summed E-state index contributed by atoms with van der Waals surface area (Å²) in [6.45, 7) is -2.95. The molecule has 0 radical (unpaired) electrons. The molecule has 4 nitrogen and oxygen atoms in total. The highest BCUT2D eigenvalue weighted by Gasteiger charge is 2.42. The number of aromatic nitrogens is 1. The number of hydrogen-bond donors (Lipinski definition) is 2. The summed E-state index contributed by atoms with van der Waals surface area (Å²) in [4.78, 5) is 4.24. The van der Waals surface area contributed by atoms with Gasteiger partial charge < -0.3 is 9.84 Å². The maximum absolute atomic E-state index is 14.6. The smallest absolute Gasteiger partial charge is 0.389 e. The van der Waals surface area contributed by atoms with E-state index in [0.29, 0.717) is 11.6 Å². The number of rotatable bonds is 12. The largest absolute Gasteiger partial charge is 0.416 e. The zero-order valence-electron chi connectivity index (χ0n) is 20.0. The highest BCUT2D eigenvalue weighted by atomic mass is 35.5. The predicted octanol–water partition coefficient (Wildman–Crippen LogP) is 6.25. The monoisotopic (exact) mass is 582 g/mol. The molecule has 2 aromatic carbocycles. The van der Waals surface area contributed by atoms with Gasteiger partial charge in [-0.15, -0.1) is 0 Å². The fourth-order valence-corrected chi connectivity index (χ4v) is 3.98. The SMILES string of the molecule is OC(CNC(Cc1ccccc1)(c1cc(F)cc(C(F)(F)F)c1)c1ccc(Cl)cn1)COCC(F)(F)C(F)F. The number of nitrogens with one attached hydrogen (secondary N) is 1. The maximum atomic E-state index is 14.6. The molecule has 0 saturated carbocycles. The zero-order chi connectivity index (χ0) is 28.8. The minimum atomic E-state index is -4.90. The van der Waals surface area contributed by atoms with Gasteiger partial charge in [-0.2, -0.15) is 22.0 Å². The topological polar surface area (TPSA) is 54.4 Å². The van der Waals surface area contributed by atoms with Crippen molar-refractivity contribution in [2.24, 2.45) is 0 Å². The normalized spacial score (nSPS) is 14.8. The Labute approximate surface area is 223 Å². The van der Waals surface area contributed by atoms with Gasteiger partial charge >= 0.3 is 18.5 Å². The van der Waals surface area contributed by atoms with Gasteiger partial charge in [0.2, 0.25) is 0 Å². The molecule has 13 heteroatoms. The van der Waals surface area contributed by atoms with Gasteiger partial charge in [-0.05, 0) is 41.5 Å². The Balaban J connectivity index is 2.04. The first-order valence-corrected chi connectivity index (χ1v) is 11.8. The molecule has 2 atom stereocenters. The van der Waals surface area contributed by atoms with Gasteiger partial charge in [0.05, 0.1) is 34.5 Å². The minimum absolute atomic E-state index is 0.0970. The highest BCUT2D eigenvalue weighted by Crippen LogP contribution is 2.38. The van der Waals surface area contributed by atoms with Gasteiger partial charge in [-0.25, -0.2) is 13.2 Å². The fraction of sp³-hybridized carbons (Fsp3) is 0.346. The second-order valence-corrected chi connectivity index (χ2v) is 9.20. The predicted molar refractivity (Wildman–Crippen MR) is 127 cm³/mol. The lowest BCUT2D eigenvalue weighted by atomic mass is 9.79. The summed E-state index contributed by atoms with van der Waals surface area (Å²) in [5.41, 5.74) is -2.49. The zero-order valence-corrected chi connectivity index (χ0v) is 20.8. The van der Waals surface area contributed by atoms with Crippen LogP contribution in [-0.4, -0.2) is 48.3 Å². The molecule has 0 spiro atoms. The third-order valence-corrected chi connectivity index (χ3v) is 5.98. The molecule has 0 aliphatic carbocycles. The first-order chi connectivity index (χ1) is 18.2. The Hall–Kier alpha value is -2.80. The lowest BCUT2D eigenvalue weighted by Gasteiger charge is -2.37. The molecule has 0 aliphatic rings. The van der Waals surface area contributed by atoms with Crippen LogP contribution in [0.15, 0.2) is 66.9 Å². The van der Waals surface area contributed by atoms with Crippen LogP contribution in [0.5, 0.6) is 0 Å². The summed E-state index contributed by atoms with van der Waals surface area (Å²) >= 11 is 5.96. The number of halogens is 9. The molecular formula is C26H23ClF8N2O2. The molecule has 1 aromatic heterocycles. The fourth-order valence-electron chi connectivity index (χ4n) is 3.87. The van der Waals surface area contributed by atoms with Crippen LogP contribution < -0.4 is 5.32 Å². The lowest BCUT2D eigenvalue weighted by molar-refractivity contribution is -0.170. The number of aliphatic hydroxyl groups excluding tert-OH is 1. The van der Waals surface area contributed by atoms with E-state index in [9.17, 15) is 40.2 Å². The van der Waals surface area contributed by atoms with Crippen LogP contribution >= 0.6 is 11.6 Å². The Morgan fingerprint density at radius 1 is 0.949 bits per heavy atom. The molecule has 2 N–H and O–H groups in total. The van der Waals surface area contributed by atoms with Gasteiger partial charge in [0.1, 0.15) is 12.4 Å². The Bertz CT molecular complexity index is 1210. The third-order valence-electron chi connectivity index (χ3n) is 5.76. The second kappa shape index (κ2) is 12.6. The van der Waals surface area contributed by atoms with Crippen LogP contribution in [0.4, 0.5) is 35.1 Å². The van der Waals surface area contributed by atoms with E-state index in [1.165, 1.54) is 18.3 Å². The van der Waals surface area contributed by atoms with E-state index in [4.69, 9.17) is 11.6 Å². The molecule has 0 saturated heterocycles. The quantitative estimate of drug-likeness (QED) is 0.248. The van der Waals surface area contributed by atoms with Crippen LogP contribution in [0.2, 0.25) is 5.02 Å². The summed E-state index contributed by atoms with van der Waals surface area (Å²) in [5.74, 6) is -5.63. The van der Waals surface area contributed by atoms with Gasteiger partial charge in [0, 0.05) is 19.2 Å². The molecule has 0 aliphatic heterocycles. The molecule has 212 valence electrons. The molecule has 0 amide bonds. The molecule has 2 unspecified atom stereocenters. The minimum Gasteiger partial charge on any atom is -0.389 e. The van der Waals surface area contributed by atoms with E-state index in [0.717, 1.165) is 12.1 Å². The molecule has 3 rings (SSSR count). The van der Waals surface area contributed by atoms with Crippen LogP contribution in [0.3, 0.4) is 0 Å². The maximum Gasteiger partial charge on any atom is 0.416 e. The van der Waals surface area contributed by atoms with E-state index in [2.05, 4.69) is 15.0 Å². The van der Waals surface area contributed by atoms with Crippen molar-refractivity contribution in [3.63, 3.8) is 0 Å². The number of hydrogen-bond acceptors (Lipinski definition) is 4. The lowest BCUT2D eigenvalue weighted by Crippen LogP contribution is -2.50. The van der Waals surface area contributed by atoms with Crippen molar-refractivity contribution in [1.29, 1.82) is 0 Å². The summed E-state index contributed by atoms with van der Waals surface area (Å²) in [7, 11) is 0. The summed E-state index contributed by atoms with van der Waals surface area (Å²) < 4.78 is 111. The summed E-state index contributed by atoms with van der Waals surface area (Å²) in [5, 5.41) is 13.5. The van der Waals surface area contributed by atoms with E-state index < -0.39 is 61.3 Å². The summed E-state index contributed by atoms with van der Waals surface area (Å²) in [6.07, 6.45) is -9.31. The number of benzene rings is 2. The van der Waals surface area contributed by atoms with Crippen LogP contribution in [0, 0.1) is 5.82 Å². The average Bonchev–Trinajstić information content (AvgIpc) is 2.86. The standard InChI is InChI=1S/C26H23ClF8N2O2/c27-19-6-7-22(36-12-19)24(11-16-4-2-1-3-5-16,17-8-18(26(33,34)35)10-20(28)9-17)37-13-21(38)14-39-15-25(31,32)23(29)30/h1-10,12,21,23,37-38H,11,13-15H2. The van der Waals surface area contributed by atoms with Crippen molar-refractivity contribution in [3.05, 3.63) is 100 Å². The molecular weight excluding hydrogens is 560 g/mol. The van der Waals surface area contributed by atoms with Gasteiger partial charge in [-0.3, -0.25) is 10.3 Å². The Morgan fingerprint density at radius 2 is 1.62 bits per heavy atom. The van der Waals surface area contributed by atoms with Gasteiger partial charge in [-0.1, -0.05) is 41.9 Å². The number of ether oxygens (including phenoxy) is 1. The van der Waals surface area contributed by atoms with Crippen LogP contribution in [-0.2, 0) is 22.9 Å². The second-order valence-electron chi connectivity index (χ2n) is 8.77. The molecule has 1 heterocycles. The van der Waals surface area contributed by atoms with E-state index >= 15 is 0 Å². The summed E-state index contributed by atoms with van der Waals surface area (Å²) in [6, 6.07) is 13.2. The van der Waals surface area contributed by atoms with Crippen molar-refractivity contribution in [2.75, 3.05) is 19.8 Å². The van der Waals surface area contributed by atoms with Crippen molar-refractivity contribution in [2.45, 2.75) is 36.6 Å². The Morgan fingerprint density at radius 3 is 2.21 bits per heavy atom. The van der Waals surface area contributed by atoms with E-state index in [1.54, 1.807) is 30.3 Å². The first kappa shape index (κ1) is 30.7. The molecule has 0 bridgehead atoms.